The van der Waals surface area contributed by atoms with Crippen LogP contribution in [0.15, 0.2) is 6.07 Å². The molecular formula is C15H25N3O2S. The van der Waals surface area contributed by atoms with E-state index in [0.29, 0.717) is 10.6 Å². The molecule has 1 amide bonds. The number of carbonyl (C=O) groups is 1. The minimum absolute atomic E-state index is 0.0458. The lowest BCUT2D eigenvalue weighted by atomic mass is 9.99. The standard InChI is InChI=1S/C15H25N3O2S/c1-14(2)8-18(9-15(3,4)20-14)11-7-10(16)12(21-11)13(19)17(5)6/h7H,8-9,16H2,1-6H3. The van der Waals surface area contributed by atoms with Gasteiger partial charge in [-0.25, -0.2) is 0 Å². The molecule has 0 spiro atoms. The molecule has 0 bridgehead atoms. The molecule has 0 saturated carbocycles. The summed E-state index contributed by atoms with van der Waals surface area (Å²) in [5.74, 6) is -0.0458. The van der Waals surface area contributed by atoms with Gasteiger partial charge in [0.05, 0.1) is 21.9 Å². The first-order valence-corrected chi connectivity index (χ1v) is 7.88. The van der Waals surface area contributed by atoms with Gasteiger partial charge in [0.25, 0.3) is 5.91 Å². The van der Waals surface area contributed by atoms with E-state index in [9.17, 15) is 4.79 Å². The molecular weight excluding hydrogens is 286 g/mol. The summed E-state index contributed by atoms with van der Waals surface area (Å²) in [6.07, 6.45) is 0. The summed E-state index contributed by atoms with van der Waals surface area (Å²) < 4.78 is 6.09. The summed E-state index contributed by atoms with van der Waals surface area (Å²) in [4.78, 5) is 16.6. The van der Waals surface area contributed by atoms with Gasteiger partial charge >= 0.3 is 0 Å². The number of carbonyl (C=O) groups excluding carboxylic acids is 1. The maximum atomic E-state index is 12.1. The van der Waals surface area contributed by atoms with E-state index in [1.54, 1.807) is 19.0 Å². The molecule has 1 aliphatic heterocycles. The van der Waals surface area contributed by atoms with E-state index in [-0.39, 0.29) is 17.1 Å². The van der Waals surface area contributed by atoms with Crippen molar-refractivity contribution in [3.8, 4) is 0 Å². The van der Waals surface area contributed by atoms with Gasteiger partial charge in [-0.05, 0) is 33.8 Å². The van der Waals surface area contributed by atoms with Crippen molar-refractivity contribution < 1.29 is 9.53 Å². The Morgan fingerprint density at radius 3 is 2.29 bits per heavy atom. The van der Waals surface area contributed by atoms with Crippen LogP contribution in [0.1, 0.15) is 37.4 Å². The third-order valence-corrected chi connectivity index (χ3v) is 4.56. The quantitative estimate of drug-likeness (QED) is 0.911. The Hall–Kier alpha value is -1.27. The SMILES string of the molecule is CN(C)C(=O)c1sc(N2CC(C)(C)OC(C)(C)C2)cc1N. The van der Waals surface area contributed by atoms with E-state index >= 15 is 0 Å². The van der Waals surface area contributed by atoms with Crippen LogP contribution >= 0.6 is 11.3 Å². The van der Waals surface area contributed by atoms with Gasteiger partial charge in [-0.1, -0.05) is 0 Å². The number of nitrogens with two attached hydrogens (primary N) is 1. The molecule has 0 unspecified atom stereocenters. The Kier molecular flexibility index (Phi) is 3.97. The molecule has 6 heteroatoms. The smallest absolute Gasteiger partial charge is 0.265 e. The Labute approximate surface area is 130 Å². The summed E-state index contributed by atoms with van der Waals surface area (Å²) in [6, 6.07) is 1.90. The average molecular weight is 311 g/mol. The fraction of sp³-hybridized carbons (Fsp3) is 0.667. The van der Waals surface area contributed by atoms with Crippen LogP contribution in [0.25, 0.3) is 0 Å². The minimum atomic E-state index is -0.230. The lowest BCUT2D eigenvalue weighted by molar-refractivity contribution is -0.132. The highest BCUT2D eigenvalue weighted by Crippen LogP contribution is 2.38. The second kappa shape index (κ2) is 5.18. The molecule has 2 heterocycles. The Bertz CT molecular complexity index is 533. The summed E-state index contributed by atoms with van der Waals surface area (Å²) in [7, 11) is 3.48. The van der Waals surface area contributed by atoms with Gasteiger partial charge in [0.2, 0.25) is 0 Å². The van der Waals surface area contributed by atoms with E-state index in [1.807, 2.05) is 6.07 Å². The predicted octanol–water partition coefficient (Wildman–Crippen LogP) is 2.43. The van der Waals surface area contributed by atoms with Crippen LogP contribution in [0, 0.1) is 0 Å². The fourth-order valence-electron chi connectivity index (χ4n) is 2.86. The molecule has 1 saturated heterocycles. The van der Waals surface area contributed by atoms with Crippen LogP contribution in [-0.4, -0.2) is 49.2 Å². The first-order chi connectivity index (χ1) is 9.51. The molecule has 5 nitrogen and oxygen atoms in total. The molecule has 0 radical (unpaired) electrons. The predicted molar refractivity (Wildman–Crippen MR) is 88.2 cm³/mol. The number of hydrogen-bond donors (Lipinski definition) is 1. The van der Waals surface area contributed by atoms with Gasteiger partial charge in [-0.15, -0.1) is 11.3 Å². The first-order valence-electron chi connectivity index (χ1n) is 7.07. The van der Waals surface area contributed by atoms with Gasteiger partial charge < -0.3 is 20.3 Å². The van der Waals surface area contributed by atoms with Crippen LogP contribution in [0.5, 0.6) is 0 Å². The molecule has 0 atom stereocenters. The van der Waals surface area contributed by atoms with Gasteiger partial charge in [0.15, 0.2) is 0 Å². The molecule has 2 rings (SSSR count). The summed E-state index contributed by atoms with van der Waals surface area (Å²) in [5.41, 5.74) is 6.12. The second-order valence-corrected chi connectivity index (χ2v) is 8.08. The van der Waals surface area contributed by atoms with Crippen LogP contribution in [-0.2, 0) is 4.74 Å². The topological polar surface area (TPSA) is 58.8 Å². The number of thiophene rings is 1. The first kappa shape index (κ1) is 16.1. The monoisotopic (exact) mass is 311 g/mol. The number of hydrogen-bond acceptors (Lipinski definition) is 5. The highest BCUT2D eigenvalue weighted by molar-refractivity contribution is 7.18. The molecule has 1 aromatic heterocycles. The van der Waals surface area contributed by atoms with Crippen molar-refractivity contribution in [3.05, 3.63) is 10.9 Å². The number of morpholine rings is 1. The zero-order valence-corrected chi connectivity index (χ0v) is 14.5. The molecule has 1 fully saturated rings. The molecule has 118 valence electrons. The van der Waals surface area contributed by atoms with Crippen LogP contribution in [0.2, 0.25) is 0 Å². The van der Waals surface area contributed by atoms with E-state index in [2.05, 4.69) is 32.6 Å². The Balaban J connectivity index is 2.30. The van der Waals surface area contributed by atoms with Crippen LogP contribution in [0.4, 0.5) is 10.7 Å². The van der Waals surface area contributed by atoms with E-state index in [1.165, 1.54) is 11.3 Å². The molecule has 1 aromatic rings. The van der Waals surface area contributed by atoms with Gasteiger partial charge in [0, 0.05) is 27.2 Å². The number of amides is 1. The third-order valence-electron chi connectivity index (χ3n) is 3.36. The maximum absolute atomic E-state index is 12.1. The molecule has 21 heavy (non-hydrogen) atoms. The Morgan fingerprint density at radius 2 is 1.81 bits per heavy atom. The summed E-state index contributed by atoms with van der Waals surface area (Å²) >= 11 is 1.46. The molecule has 0 aliphatic carbocycles. The van der Waals surface area contributed by atoms with Crippen LogP contribution < -0.4 is 10.6 Å². The van der Waals surface area contributed by atoms with Crippen molar-refractivity contribution in [3.63, 3.8) is 0 Å². The molecule has 0 aromatic carbocycles. The minimum Gasteiger partial charge on any atom is -0.397 e. The zero-order valence-electron chi connectivity index (χ0n) is 13.7. The lowest BCUT2D eigenvalue weighted by Gasteiger charge is -2.47. The van der Waals surface area contributed by atoms with Crippen LogP contribution in [0.3, 0.4) is 0 Å². The fourth-order valence-corrected chi connectivity index (χ4v) is 3.96. The highest BCUT2D eigenvalue weighted by atomic mass is 32.1. The number of ether oxygens (including phenoxy) is 1. The third kappa shape index (κ3) is 3.49. The second-order valence-electron chi connectivity index (χ2n) is 7.05. The number of rotatable bonds is 2. The van der Waals surface area contributed by atoms with E-state index in [4.69, 9.17) is 10.5 Å². The Morgan fingerprint density at radius 1 is 1.29 bits per heavy atom. The lowest BCUT2D eigenvalue weighted by Crippen LogP contribution is -2.57. The van der Waals surface area contributed by atoms with Crippen molar-refractivity contribution in [1.29, 1.82) is 0 Å². The van der Waals surface area contributed by atoms with E-state index in [0.717, 1.165) is 18.1 Å². The van der Waals surface area contributed by atoms with Crippen molar-refractivity contribution >= 4 is 27.9 Å². The highest BCUT2D eigenvalue weighted by Gasteiger charge is 2.39. The van der Waals surface area contributed by atoms with Gasteiger partial charge in [-0.3, -0.25) is 4.79 Å². The number of nitrogen functional groups attached to an aromatic ring is 1. The van der Waals surface area contributed by atoms with E-state index < -0.39 is 0 Å². The normalized spacial score (nSPS) is 20.4. The van der Waals surface area contributed by atoms with Gasteiger partial charge in [-0.2, -0.15) is 0 Å². The van der Waals surface area contributed by atoms with Crippen molar-refractivity contribution in [2.24, 2.45) is 0 Å². The van der Waals surface area contributed by atoms with Crippen molar-refractivity contribution in [2.75, 3.05) is 37.8 Å². The molecule has 1 aliphatic rings. The number of anilines is 2. The molecule has 2 N–H and O–H groups in total. The van der Waals surface area contributed by atoms with Crippen molar-refractivity contribution in [1.82, 2.24) is 4.90 Å². The van der Waals surface area contributed by atoms with Gasteiger partial charge in [0.1, 0.15) is 4.88 Å². The summed E-state index contributed by atoms with van der Waals surface area (Å²) in [5, 5.41) is 1.03. The maximum Gasteiger partial charge on any atom is 0.265 e. The van der Waals surface area contributed by atoms with Crippen molar-refractivity contribution in [2.45, 2.75) is 38.9 Å². The zero-order chi connectivity index (χ0) is 16.0. The largest absolute Gasteiger partial charge is 0.397 e. The average Bonchev–Trinajstić information content (AvgIpc) is 2.66. The number of nitrogens with zero attached hydrogens (tertiary/aromatic N) is 2. The summed E-state index contributed by atoms with van der Waals surface area (Å²) in [6.45, 7) is 9.92.